The maximum Gasteiger partial charge on any atom is 0.368 e. The van der Waals surface area contributed by atoms with Crippen molar-refractivity contribution in [2.45, 2.75) is 17.5 Å². The Hall–Kier alpha value is -1.26. The molecule has 5 nitrogen and oxygen atoms in total. The smallest absolute Gasteiger partial charge is 0.297 e. The van der Waals surface area contributed by atoms with Crippen LogP contribution in [0.5, 0.6) is 0 Å². The van der Waals surface area contributed by atoms with E-state index in [-0.39, 0.29) is 4.57 Å². The highest BCUT2D eigenvalue weighted by atomic mass is 32.3. The second-order valence-corrected chi connectivity index (χ2v) is 3.97. The Balaban J connectivity index is 3.36. The standard InChI is InChI=1S/C5H4F5N3O2S/c1-13-3(5(8,9)2(6)7)11-12-4(13)16(10,14)15/h2H,1H3. The monoisotopic (exact) mass is 265 g/mol. The highest BCUT2D eigenvalue weighted by Crippen LogP contribution is 2.33. The first-order valence-corrected chi connectivity index (χ1v) is 4.97. The summed E-state index contributed by atoms with van der Waals surface area (Å²) in [6.45, 7) is 0. The summed E-state index contributed by atoms with van der Waals surface area (Å²) >= 11 is 0. The summed E-state index contributed by atoms with van der Waals surface area (Å²) in [6.07, 6.45) is -4.11. The lowest BCUT2D eigenvalue weighted by molar-refractivity contribution is -0.142. The molecule has 0 N–H and O–H groups in total. The van der Waals surface area contributed by atoms with E-state index in [0.717, 1.165) is 0 Å². The fourth-order valence-corrected chi connectivity index (χ4v) is 1.47. The van der Waals surface area contributed by atoms with Gasteiger partial charge in [0.2, 0.25) is 5.82 Å². The third-order valence-corrected chi connectivity index (χ3v) is 2.42. The van der Waals surface area contributed by atoms with Crippen LogP contribution in [-0.2, 0) is 23.2 Å². The SMILES string of the molecule is Cn1c(C(F)(F)C(F)F)nnc1S(=O)(=O)F. The van der Waals surface area contributed by atoms with Crippen molar-refractivity contribution in [3.63, 3.8) is 0 Å². The molecule has 0 saturated heterocycles. The van der Waals surface area contributed by atoms with Crippen molar-refractivity contribution in [3.8, 4) is 0 Å². The van der Waals surface area contributed by atoms with Gasteiger partial charge in [0.15, 0.2) is 0 Å². The number of nitrogens with zero attached hydrogens (tertiary/aromatic N) is 3. The van der Waals surface area contributed by atoms with E-state index in [2.05, 4.69) is 10.2 Å². The predicted molar refractivity (Wildman–Crippen MR) is 39.2 cm³/mol. The summed E-state index contributed by atoms with van der Waals surface area (Å²) in [5, 5.41) is 3.66. The number of hydrogen-bond donors (Lipinski definition) is 0. The molecule has 1 heterocycles. The normalized spacial score (nSPS) is 13.4. The van der Waals surface area contributed by atoms with E-state index >= 15 is 0 Å². The van der Waals surface area contributed by atoms with E-state index in [4.69, 9.17) is 0 Å². The molecule has 0 aliphatic heterocycles. The lowest BCUT2D eigenvalue weighted by Crippen LogP contribution is -2.27. The van der Waals surface area contributed by atoms with Crippen molar-refractivity contribution < 1.29 is 29.9 Å². The van der Waals surface area contributed by atoms with Gasteiger partial charge in [0, 0.05) is 7.05 Å². The number of aromatic nitrogens is 3. The molecule has 0 fully saturated rings. The molecule has 1 aromatic heterocycles. The van der Waals surface area contributed by atoms with Gasteiger partial charge in [-0.25, -0.2) is 8.78 Å². The lowest BCUT2D eigenvalue weighted by Gasteiger charge is -2.13. The van der Waals surface area contributed by atoms with Crippen molar-refractivity contribution >= 4 is 10.2 Å². The summed E-state index contributed by atoms with van der Waals surface area (Å²) in [7, 11) is -4.75. The molecule has 11 heteroatoms. The van der Waals surface area contributed by atoms with Gasteiger partial charge in [-0.15, -0.1) is 10.2 Å². The van der Waals surface area contributed by atoms with E-state index in [1.54, 1.807) is 0 Å². The molecule has 0 saturated carbocycles. The highest BCUT2D eigenvalue weighted by Gasteiger charge is 2.48. The van der Waals surface area contributed by atoms with Crippen LogP contribution in [0.15, 0.2) is 5.16 Å². The van der Waals surface area contributed by atoms with E-state index in [9.17, 15) is 29.9 Å². The lowest BCUT2D eigenvalue weighted by atomic mass is 10.3. The Bertz CT molecular complexity index is 496. The molecular formula is C5H4F5N3O2S. The molecule has 0 radical (unpaired) electrons. The summed E-state index contributed by atoms with van der Waals surface area (Å²) < 4.78 is 82.4. The quantitative estimate of drug-likeness (QED) is 0.599. The maximum atomic E-state index is 12.8. The van der Waals surface area contributed by atoms with Crippen LogP contribution < -0.4 is 0 Å². The first-order chi connectivity index (χ1) is 7.08. The fraction of sp³-hybridized carbons (Fsp3) is 0.600. The molecule has 0 unspecified atom stereocenters. The van der Waals surface area contributed by atoms with Crippen LogP contribution in [0.3, 0.4) is 0 Å². The summed E-state index contributed by atoms with van der Waals surface area (Å²) in [4.78, 5) is 0. The van der Waals surface area contributed by atoms with Gasteiger partial charge in [0.1, 0.15) is 0 Å². The fourth-order valence-electron chi connectivity index (χ4n) is 0.915. The van der Waals surface area contributed by atoms with Crippen molar-refractivity contribution in [1.82, 2.24) is 14.8 Å². The zero-order valence-electron chi connectivity index (χ0n) is 7.53. The van der Waals surface area contributed by atoms with Gasteiger partial charge in [-0.05, 0) is 0 Å². The van der Waals surface area contributed by atoms with Gasteiger partial charge in [-0.2, -0.15) is 17.2 Å². The first-order valence-electron chi connectivity index (χ1n) is 3.59. The van der Waals surface area contributed by atoms with Gasteiger partial charge >= 0.3 is 22.6 Å². The first kappa shape index (κ1) is 12.8. The van der Waals surface area contributed by atoms with Gasteiger partial charge in [0.25, 0.3) is 5.16 Å². The van der Waals surface area contributed by atoms with Crippen molar-refractivity contribution in [1.29, 1.82) is 0 Å². The summed E-state index contributed by atoms with van der Waals surface area (Å²) in [6, 6.07) is 0. The molecule has 1 rings (SSSR count). The van der Waals surface area contributed by atoms with E-state index in [0.29, 0.717) is 7.05 Å². The van der Waals surface area contributed by atoms with Crippen LogP contribution in [0.1, 0.15) is 5.82 Å². The van der Waals surface area contributed by atoms with Gasteiger partial charge in [0.05, 0.1) is 0 Å². The van der Waals surface area contributed by atoms with Gasteiger partial charge in [-0.1, -0.05) is 3.89 Å². The molecular weight excluding hydrogens is 261 g/mol. The minimum atomic E-state index is -5.39. The maximum absolute atomic E-state index is 12.8. The molecule has 0 spiro atoms. The number of rotatable bonds is 3. The number of halogens is 5. The van der Waals surface area contributed by atoms with Crippen LogP contribution in [0.25, 0.3) is 0 Å². The second-order valence-electron chi connectivity index (χ2n) is 2.73. The van der Waals surface area contributed by atoms with Crippen molar-refractivity contribution in [2.75, 3.05) is 0 Å². The molecule has 0 bridgehead atoms. The Morgan fingerprint density at radius 2 is 1.81 bits per heavy atom. The Labute approximate surface area is 86.1 Å². The zero-order chi connectivity index (χ0) is 12.7. The minimum absolute atomic E-state index is 0.0402. The topological polar surface area (TPSA) is 64.8 Å². The highest BCUT2D eigenvalue weighted by molar-refractivity contribution is 7.86. The number of alkyl halides is 4. The minimum Gasteiger partial charge on any atom is -0.297 e. The summed E-state index contributed by atoms with van der Waals surface area (Å²) in [5.41, 5.74) is 0. The molecule has 92 valence electrons. The Kier molecular flexibility index (Phi) is 2.92. The second kappa shape index (κ2) is 3.64. The molecule has 0 aliphatic rings. The van der Waals surface area contributed by atoms with Gasteiger partial charge < -0.3 is 0 Å². The van der Waals surface area contributed by atoms with E-state index in [1.165, 1.54) is 0 Å². The largest absolute Gasteiger partial charge is 0.368 e. The molecule has 0 atom stereocenters. The van der Waals surface area contributed by atoms with Crippen LogP contribution in [-0.4, -0.2) is 29.6 Å². The average Bonchev–Trinajstić information content (AvgIpc) is 2.45. The van der Waals surface area contributed by atoms with E-state index < -0.39 is 33.6 Å². The zero-order valence-corrected chi connectivity index (χ0v) is 8.35. The van der Waals surface area contributed by atoms with Crippen LogP contribution in [0.4, 0.5) is 21.4 Å². The van der Waals surface area contributed by atoms with Crippen LogP contribution in [0.2, 0.25) is 0 Å². The predicted octanol–water partition coefficient (Wildman–Crippen LogP) is 0.830. The molecule has 0 aromatic carbocycles. The molecule has 0 amide bonds. The Morgan fingerprint density at radius 3 is 2.12 bits per heavy atom. The molecule has 0 aliphatic carbocycles. The van der Waals surface area contributed by atoms with Crippen LogP contribution >= 0.6 is 0 Å². The van der Waals surface area contributed by atoms with Crippen molar-refractivity contribution in [3.05, 3.63) is 5.82 Å². The molecule has 16 heavy (non-hydrogen) atoms. The third kappa shape index (κ3) is 1.99. The number of hydrogen-bond acceptors (Lipinski definition) is 4. The Morgan fingerprint density at radius 1 is 1.31 bits per heavy atom. The third-order valence-electron chi connectivity index (χ3n) is 1.63. The van der Waals surface area contributed by atoms with Crippen molar-refractivity contribution in [2.24, 2.45) is 7.05 Å². The molecule has 1 aromatic rings. The van der Waals surface area contributed by atoms with E-state index in [1.807, 2.05) is 0 Å². The summed E-state index contributed by atoms with van der Waals surface area (Å²) in [5.74, 6) is -6.33. The average molecular weight is 265 g/mol. The van der Waals surface area contributed by atoms with Gasteiger partial charge in [-0.3, -0.25) is 4.57 Å². The van der Waals surface area contributed by atoms with Crippen LogP contribution in [0, 0.1) is 0 Å².